The minimum absolute atomic E-state index is 0.706. The van der Waals surface area contributed by atoms with E-state index in [1.165, 1.54) is 30.5 Å². The van der Waals surface area contributed by atoms with Crippen LogP contribution in [0, 0.1) is 0 Å². The lowest BCUT2D eigenvalue weighted by Gasteiger charge is -2.06. The van der Waals surface area contributed by atoms with Gasteiger partial charge in [-0.2, -0.15) is 0 Å². The van der Waals surface area contributed by atoms with Crippen LogP contribution in [0.2, 0.25) is 0 Å². The number of aryl methyl sites for hydroxylation is 1. The molecule has 2 rings (SSSR count). The highest BCUT2D eigenvalue weighted by molar-refractivity contribution is 9.10. The summed E-state index contributed by atoms with van der Waals surface area (Å²) in [7, 11) is 0. The molecular formula is C10H12BrN. The van der Waals surface area contributed by atoms with Crippen molar-refractivity contribution in [2.24, 2.45) is 0 Å². The number of pyridine rings is 1. The van der Waals surface area contributed by atoms with Gasteiger partial charge in [-0.15, -0.1) is 0 Å². The van der Waals surface area contributed by atoms with Crippen LogP contribution in [0.3, 0.4) is 0 Å². The van der Waals surface area contributed by atoms with Gasteiger partial charge < -0.3 is 0 Å². The number of hydrogen-bond acceptors (Lipinski definition) is 1. The van der Waals surface area contributed by atoms with Gasteiger partial charge in [0, 0.05) is 11.6 Å². The molecule has 0 aliphatic heterocycles. The zero-order valence-corrected chi connectivity index (χ0v) is 8.76. The van der Waals surface area contributed by atoms with Crippen LogP contribution in [0.15, 0.2) is 16.7 Å². The van der Waals surface area contributed by atoms with E-state index >= 15 is 0 Å². The summed E-state index contributed by atoms with van der Waals surface area (Å²) in [5.74, 6) is 0.706. The van der Waals surface area contributed by atoms with Gasteiger partial charge in [0.15, 0.2) is 0 Å². The molecule has 0 amide bonds. The van der Waals surface area contributed by atoms with E-state index in [-0.39, 0.29) is 0 Å². The maximum Gasteiger partial charge on any atom is 0.106 e. The average molecular weight is 226 g/mol. The van der Waals surface area contributed by atoms with E-state index in [2.05, 4.69) is 33.9 Å². The van der Waals surface area contributed by atoms with E-state index in [0.29, 0.717) is 5.92 Å². The Bertz CT molecular complexity index is 296. The van der Waals surface area contributed by atoms with E-state index < -0.39 is 0 Å². The molecule has 0 N–H and O–H groups in total. The van der Waals surface area contributed by atoms with Crippen molar-refractivity contribution in [2.45, 2.75) is 32.1 Å². The van der Waals surface area contributed by atoms with Gasteiger partial charge in [-0.3, -0.25) is 0 Å². The van der Waals surface area contributed by atoms with Crippen molar-refractivity contribution in [2.75, 3.05) is 0 Å². The summed E-state index contributed by atoms with van der Waals surface area (Å²) >= 11 is 3.41. The van der Waals surface area contributed by atoms with Gasteiger partial charge in [-0.1, -0.05) is 13.0 Å². The zero-order chi connectivity index (χ0) is 8.55. The smallest absolute Gasteiger partial charge is 0.106 e. The molecule has 12 heavy (non-hydrogen) atoms. The first-order valence-electron chi connectivity index (χ1n) is 4.46. The number of nitrogens with zero attached hydrogens (tertiary/aromatic N) is 1. The Labute approximate surface area is 81.3 Å². The van der Waals surface area contributed by atoms with Crippen molar-refractivity contribution in [1.29, 1.82) is 0 Å². The number of halogens is 1. The third kappa shape index (κ3) is 1.28. The first kappa shape index (κ1) is 8.24. The van der Waals surface area contributed by atoms with Crippen molar-refractivity contribution < 1.29 is 0 Å². The first-order chi connectivity index (χ1) is 5.81. The predicted octanol–water partition coefficient (Wildman–Crippen LogP) is 3.28. The second kappa shape index (κ2) is 3.17. The molecule has 1 unspecified atom stereocenters. The average Bonchev–Trinajstić information content (AvgIpc) is 2.46. The fraction of sp³-hybridized carbons (Fsp3) is 0.500. The normalized spacial score (nSPS) is 21.0. The number of hydrogen-bond donors (Lipinski definition) is 0. The maximum atomic E-state index is 4.52. The predicted molar refractivity (Wildman–Crippen MR) is 53.3 cm³/mol. The monoisotopic (exact) mass is 225 g/mol. The van der Waals surface area contributed by atoms with E-state index in [9.17, 15) is 0 Å². The van der Waals surface area contributed by atoms with Gasteiger partial charge in [0.1, 0.15) is 4.60 Å². The summed E-state index contributed by atoms with van der Waals surface area (Å²) in [6.45, 7) is 2.24. The lowest BCUT2D eigenvalue weighted by Crippen LogP contribution is -1.94. The molecular weight excluding hydrogens is 214 g/mol. The molecule has 1 heterocycles. The largest absolute Gasteiger partial charge is 0.245 e. The Morgan fingerprint density at radius 1 is 1.58 bits per heavy atom. The Kier molecular flexibility index (Phi) is 2.18. The first-order valence-corrected chi connectivity index (χ1v) is 5.26. The van der Waals surface area contributed by atoms with Crippen LogP contribution in [-0.4, -0.2) is 4.98 Å². The van der Waals surface area contributed by atoms with Gasteiger partial charge in [0.25, 0.3) is 0 Å². The summed E-state index contributed by atoms with van der Waals surface area (Å²) in [5, 5.41) is 0. The number of aromatic nitrogens is 1. The molecule has 64 valence electrons. The van der Waals surface area contributed by atoms with Crippen LogP contribution >= 0.6 is 15.9 Å². The molecule has 0 radical (unpaired) electrons. The number of fused-ring (bicyclic) bond motifs is 1. The second-order valence-corrected chi connectivity index (χ2v) is 4.13. The molecule has 2 heteroatoms. The van der Waals surface area contributed by atoms with Gasteiger partial charge in [-0.05, 0) is 46.8 Å². The molecule has 1 nitrogen and oxygen atoms in total. The third-order valence-electron chi connectivity index (χ3n) is 2.62. The molecule has 1 aliphatic carbocycles. The quantitative estimate of drug-likeness (QED) is 0.669. The van der Waals surface area contributed by atoms with Crippen molar-refractivity contribution in [3.63, 3.8) is 0 Å². The van der Waals surface area contributed by atoms with E-state index in [0.717, 1.165) is 4.60 Å². The molecule has 0 spiro atoms. The van der Waals surface area contributed by atoms with Crippen molar-refractivity contribution >= 4 is 15.9 Å². The zero-order valence-electron chi connectivity index (χ0n) is 7.18. The van der Waals surface area contributed by atoms with Gasteiger partial charge in [-0.25, -0.2) is 4.98 Å². The minimum Gasteiger partial charge on any atom is -0.245 e. The maximum absolute atomic E-state index is 4.52. The molecule has 0 fully saturated rings. The molecule has 0 aromatic carbocycles. The standard InChI is InChI=1S/C10H12BrN/c1-2-7-3-4-8-5-6-9(11)12-10(7)8/h5-7H,2-4H2,1H3. The van der Waals surface area contributed by atoms with Crippen molar-refractivity contribution in [3.8, 4) is 0 Å². The highest BCUT2D eigenvalue weighted by Crippen LogP contribution is 2.34. The van der Waals surface area contributed by atoms with E-state index in [1.54, 1.807) is 0 Å². The van der Waals surface area contributed by atoms with Gasteiger partial charge in [0.05, 0.1) is 0 Å². The van der Waals surface area contributed by atoms with Crippen LogP contribution in [0.25, 0.3) is 0 Å². The van der Waals surface area contributed by atoms with Gasteiger partial charge in [0.2, 0.25) is 0 Å². The second-order valence-electron chi connectivity index (χ2n) is 3.32. The molecule has 0 bridgehead atoms. The number of rotatable bonds is 1. The molecule has 1 aliphatic rings. The highest BCUT2D eigenvalue weighted by atomic mass is 79.9. The lowest BCUT2D eigenvalue weighted by molar-refractivity contribution is 0.642. The molecule has 0 saturated carbocycles. The summed E-state index contributed by atoms with van der Waals surface area (Å²) in [4.78, 5) is 4.52. The van der Waals surface area contributed by atoms with E-state index in [1.807, 2.05) is 6.07 Å². The Morgan fingerprint density at radius 3 is 3.17 bits per heavy atom. The Hall–Kier alpha value is -0.370. The summed E-state index contributed by atoms with van der Waals surface area (Å²) < 4.78 is 0.974. The topological polar surface area (TPSA) is 12.9 Å². The van der Waals surface area contributed by atoms with Crippen LogP contribution in [0.5, 0.6) is 0 Å². The Morgan fingerprint density at radius 2 is 2.42 bits per heavy atom. The van der Waals surface area contributed by atoms with Crippen LogP contribution in [-0.2, 0) is 6.42 Å². The fourth-order valence-corrected chi connectivity index (χ4v) is 2.23. The van der Waals surface area contributed by atoms with Gasteiger partial charge >= 0.3 is 0 Å². The van der Waals surface area contributed by atoms with E-state index in [4.69, 9.17) is 0 Å². The SMILES string of the molecule is CCC1CCc2ccc(Br)nc21. The van der Waals surface area contributed by atoms with Crippen LogP contribution < -0.4 is 0 Å². The van der Waals surface area contributed by atoms with Crippen LogP contribution in [0.1, 0.15) is 36.9 Å². The summed E-state index contributed by atoms with van der Waals surface area (Å²) in [6.07, 6.45) is 3.72. The summed E-state index contributed by atoms with van der Waals surface area (Å²) in [6, 6.07) is 4.24. The Balaban J connectivity index is 2.42. The fourth-order valence-electron chi connectivity index (χ4n) is 1.91. The van der Waals surface area contributed by atoms with Crippen molar-refractivity contribution in [3.05, 3.63) is 28.0 Å². The molecule has 1 atom stereocenters. The van der Waals surface area contributed by atoms with Crippen molar-refractivity contribution in [1.82, 2.24) is 4.98 Å². The summed E-state index contributed by atoms with van der Waals surface area (Å²) in [5.41, 5.74) is 2.77. The molecule has 1 aromatic rings. The molecule has 1 aromatic heterocycles. The minimum atomic E-state index is 0.706. The highest BCUT2D eigenvalue weighted by Gasteiger charge is 2.22. The third-order valence-corrected chi connectivity index (χ3v) is 3.06. The lowest BCUT2D eigenvalue weighted by atomic mass is 10.0. The van der Waals surface area contributed by atoms with Crippen LogP contribution in [0.4, 0.5) is 0 Å². The molecule has 0 saturated heterocycles.